The number of rotatable bonds is 9. The lowest BCUT2D eigenvalue weighted by molar-refractivity contribution is -0.142. The van der Waals surface area contributed by atoms with Crippen molar-refractivity contribution < 1.29 is 31.1 Å². The van der Waals surface area contributed by atoms with Crippen LogP contribution < -0.4 is 5.32 Å². The molecule has 13 heteroatoms. The van der Waals surface area contributed by atoms with Crippen molar-refractivity contribution in [3.8, 4) is 0 Å². The van der Waals surface area contributed by atoms with Crippen LogP contribution in [0.5, 0.6) is 0 Å². The Bertz CT molecular complexity index is 1020. The van der Waals surface area contributed by atoms with Gasteiger partial charge >= 0.3 is 12.4 Å². The minimum atomic E-state index is -4.67. The first-order chi connectivity index (χ1) is 15.4. The third-order valence-corrected chi connectivity index (χ3v) is 6.05. The van der Waals surface area contributed by atoms with Gasteiger partial charge in [0.05, 0.1) is 17.3 Å². The standard InChI is InChI=1S/C20H22ClF6N5O/c21-16-17(12-4-5-12)32(30-18(16)20(25,26)27)9-6-15(33)28-7-1-8-31-13(11-2-3-11)10-14(29-31)19(22,23)24/h10-12H,1-9H2,(H,28,33). The zero-order valence-corrected chi connectivity index (χ0v) is 18.2. The summed E-state index contributed by atoms with van der Waals surface area (Å²) < 4.78 is 80.7. The van der Waals surface area contributed by atoms with Crippen LogP contribution in [0.25, 0.3) is 0 Å². The van der Waals surface area contributed by atoms with Crippen LogP contribution in [0.4, 0.5) is 26.3 Å². The van der Waals surface area contributed by atoms with E-state index in [1.54, 1.807) is 0 Å². The summed E-state index contributed by atoms with van der Waals surface area (Å²) in [6, 6.07) is 1.08. The fourth-order valence-corrected chi connectivity index (χ4v) is 4.16. The zero-order valence-electron chi connectivity index (χ0n) is 17.4. The number of carbonyl (C=O) groups excluding carboxylic acids is 1. The summed E-state index contributed by atoms with van der Waals surface area (Å²) in [7, 11) is 0. The number of nitrogens with zero attached hydrogens (tertiary/aromatic N) is 4. The van der Waals surface area contributed by atoms with Gasteiger partial charge in [0.2, 0.25) is 5.91 Å². The summed E-state index contributed by atoms with van der Waals surface area (Å²) in [6.45, 7) is 0.373. The number of aryl methyl sites for hydroxylation is 2. The molecule has 0 saturated heterocycles. The second kappa shape index (κ2) is 8.84. The van der Waals surface area contributed by atoms with Crippen molar-refractivity contribution >= 4 is 17.5 Å². The second-order valence-corrected chi connectivity index (χ2v) is 8.82. The topological polar surface area (TPSA) is 64.7 Å². The van der Waals surface area contributed by atoms with Crippen molar-refractivity contribution in [2.75, 3.05) is 6.54 Å². The lowest BCUT2D eigenvalue weighted by atomic mass is 10.2. The predicted octanol–water partition coefficient (Wildman–Crippen LogP) is 5.12. The first-order valence-corrected chi connectivity index (χ1v) is 11.1. The summed E-state index contributed by atoms with van der Waals surface area (Å²) >= 11 is 5.91. The van der Waals surface area contributed by atoms with Gasteiger partial charge < -0.3 is 5.32 Å². The van der Waals surface area contributed by atoms with Gasteiger partial charge in [0.1, 0.15) is 0 Å². The van der Waals surface area contributed by atoms with Crippen LogP contribution in [0.2, 0.25) is 5.02 Å². The quantitative estimate of drug-likeness (QED) is 0.386. The largest absolute Gasteiger partial charge is 0.436 e. The molecule has 6 nitrogen and oxygen atoms in total. The molecule has 4 rings (SSSR count). The van der Waals surface area contributed by atoms with E-state index in [-0.39, 0.29) is 37.9 Å². The maximum absolute atomic E-state index is 13.1. The molecule has 0 unspecified atom stereocenters. The first-order valence-electron chi connectivity index (χ1n) is 10.7. The van der Waals surface area contributed by atoms with Gasteiger partial charge in [0.25, 0.3) is 0 Å². The fourth-order valence-electron chi connectivity index (χ4n) is 3.76. The Morgan fingerprint density at radius 2 is 1.67 bits per heavy atom. The summed E-state index contributed by atoms with van der Waals surface area (Å²) in [4.78, 5) is 12.2. The highest BCUT2D eigenvalue weighted by molar-refractivity contribution is 6.32. The van der Waals surface area contributed by atoms with E-state index >= 15 is 0 Å². The monoisotopic (exact) mass is 497 g/mol. The van der Waals surface area contributed by atoms with Crippen molar-refractivity contribution in [2.45, 2.75) is 75.8 Å². The van der Waals surface area contributed by atoms with E-state index in [2.05, 4.69) is 15.5 Å². The molecule has 0 atom stereocenters. The molecule has 0 aliphatic heterocycles. The molecule has 2 heterocycles. The van der Waals surface area contributed by atoms with Gasteiger partial charge in [0.15, 0.2) is 11.4 Å². The summed E-state index contributed by atoms with van der Waals surface area (Å²) in [6.07, 6.45) is -5.81. The van der Waals surface area contributed by atoms with Gasteiger partial charge in [-0.1, -0.05) is 11.6 Å². The van der Waals surface area contributed by atoms with Crippen LogP contribution in [-0.2, 0) is 30.2 Å². The Hall–Kier alpha value is -2.24. The molecule has 2 aromatic rings. The Morgan fingerprint density at radius 1 is 1.00 bits per heavy atom. The van der Waals surface area contributed by atoms with E-state index in [0.717, 1.165) is 36.4 Å². The van der Waals surface area contributed by atoms with Crippen LogP contribution in [0.3, 0.4) is 0 Å². The van der Waals surface area contributed by atoms with Crippen LogP contribution in [-0.4, -0.2) is 32.0 Å². The average molecular weight is 498 g/mol. The maximum Gasteiger partial charge on any atom is 0.436 e. The van der Waals surface area contributed by atoms with E-state index in [4.69, 9.17) is 11.6 Å². The summed E-state index contributed by atoms with van der Waals surface area (Å²) in [5.41, 5.74) is -1.20. The molecule has 2 aliphatic carbocycles. The molecule has 0 spiro atoms. The number of hydrogen-bond donors (Lipinski definition) is 1. The van der Waals surface area contributed by atoms with E-state index in [1.807, 2.05) is 0 Å². The van der Waals surface area contributed by atoms with Gasteiger partial charge in [-0.05, 0) is 38.2 Å². The molecule has 2 saturated carbocycles. The first kappa shape index (κ1) is 23.9. The molecular weight excluding hydrogens is 476 g/mol. The zero-order chi connectivity index (χ0) is 24.0. The summed E-state index contributed by atoms with van der Waals surface area (Å²) in [5.74, 6) is -0.386. The number of amides is 1. The fraction of sp³-hybridized carbons (Fsp3) is 0.650. The average Bonchev–Trinajstić information content (AvgIpc) is 3.64. The third-order valence-electron chi connectivity index (χ3n) is 5.68. The van der Waals surface area contributed by atoms with Crippen molar-refractivity contribution in [3.05, 3.63) is 33.9 Å². The number of carbonyl (C=O) groups is 1. The van der Waals surface area contributed by atoms with Gasteiger partial charge in [-0.15, -0.1) is 0 Å². The lowest BCUT2D eigenvalue weighted by Crippen LogP contribution is -2.27. The number of aromatic nitrogens is 4. The van der Waals surface area contributed by atoms with Crippen molar-refractivity contribution in [3.63, 3.8) is 0 Å². The van der Waals surface area contributed by atoms with Crippen LogP contribution in [0.1, 0.15) is 73.1 Å². The predicted molar refractivity (Wildman–Crippen MR) is 106 cm³/mol. The molecule has 1 amide bonds. The second-order valence-electron chi connectivity index (χ2n) is 8.45. The lowest BCUT2D eigenvalue weighted by Gasteiger charge is -2.09. The highest BCUT2D eigenvalue weighted by atomic mass is 35.5. The Kier molecular flexibility index (Phi) is 6.41. The van der Waals surface area contributed by atoms with Crippen molar-refractivity contribution in [1.29, 1.82) is 0 Å². The highest BCUT2D eigenvalue weighted by Crippen LogP contribution is 2.47. The third kappa shape index (κ3) is 5.64. The molecular formula is C20H22ClF6N5O. The van der Waals surface area contributed by atoms with E-state index < -0.39 is 34.7 Å². The SMILES string of the molecule is O=C(CCn1nc(C(F)(F)F)c(Cl)c1C1CC1)NCCCn1nc(C(F)(F)F)cc1C1CC1. The molecule has 182 valence electrons. The molecule has 2 aliphatic rings. The molecule has 33 heavy (non-hydrogen) atoms. The van der Waals surface area contributed by atoms with Crippen LogP contribution in [0, 0.1) is 0 Å². The minimum absolute atomic E-state index is 0.0482. The Morgan fingerprint density at radius 3 is 2.24 bits per heavy atom. The number of halogens is 7. The number of hydrogen-bond acceptors (Lipinski definition) is 3. The molecule has 2 fully saturated rings. The van der Waals surface area contributed by atoms with Gasteiger partial charge in [0, 0.05) is 37.0 Å². The van der Waals surface area contributed by atoms with Gasteiger partial charge in [-0.25, -0.2) is 0 Å². The molecule has 0 aromatic carbocycles. The maximum atomic E-state index is 13.1. The Balaban J connectivity index is 1.28. The Labute approximate surface area is 190 Å². The molecule has 0 bridgehead atoms. The van der Waals surface area contributed by atoms with E-state index in [9.17, 15) is 31.1 Å². The van der Waals surface area contributed by atoms with Crippen molar-refractivity contribution in [1.82, 2.24) is 24.9 Å². The van der Waals surface area contributed by atoms with Crippen molar-refractivity contribution in [2.24, 2.45) is 0 Å². The van der Waals surface area contributed by atoms with Crippen LogP contribution in [0.15, 0.2) is 6.07 Å². The molecule has 0 radical (unpaired) electrons. The minimum Gasteiger partial charge on any atom is -0.356 e. The van der Waals surface area contributed by atoms with E-state index in [1.165, 1.54) is 4.68 Å². The van der Waals surface area contributed by atoms with E-state index in [0.29, 0.717) is 17.8 Å². The number of alkyl halides is 6. The number of nitrogens with one attached hydrogen (secondary N) is 1. The molecule has 2 aromatic heterocycles. The highest BCUT2D eigenvalue weighted by Gasteiger charge is 2.42. The van der Waals surface area contributed by atoms with Gasteiger partial charge in [-0.3, -0.25) is 14.2 Å². The smallest absolute Gasteiger partial charge is 0.356 e. The summed E-state index contributed by atoms with van der Waals surface area (Å²) in [5, 5.41) is 9.48. The molecule has 1 N–H and O–H groups in total. The van der Waals surface area contributed by atoms with Gasteiger partial charge in [-0.2, -0.15) is 36.5 Å². The normalized spacial score (nSPS) is 16.9. The van der Waals surface area contributed by atoms with Crippen LogP contribution >= 0.6 is 11.6 Å².